The van der Waals surface area contributed by atoms with Gasteiger partial charge < -0.3 is 9.47 Å². The van der Waals surface area contributed by atoms with E-state index in [9.17, 15) is 4.79 Å². The number of carbonyl (C=O) groups is 1. The zero-order valence-corrected chi connectivity index (χ0v) is 12.5. The van der Waals surface area contributed by atoms with E-state index in [1.807, 2.05) is 6.92 Å². The molecule has 0 atom stereocenters. The molecule has 2 fully saturated rings. The van der Waals surface area contributed by atoms with Crippen molar-refractivity contribution in [3.8, 4) is 0 Å². The lowest BCUT2D eigenvalue weighted by atomic mass is 9.77. The van der Waals surface area contributed by atoms with Crippen LogP contribution in [0.3, 0.4) is 0 Å². The Hall–Kier alpha value is -0.610. The van der Waals surface area contributed by atoms with Crippen LogP contribution in [0.25, 0.3) is 0 Å². The third kappa shape index (κ3) is 2.79. The van der Waals surface area contributed by atoms with Gasteiger partial charge in [0.25, 0.3) is 0 Å². The maximum atomic E-state index is 12.6. The van der Waals surface area contributed by atoms with Crippen molar-refractivity contribution in [3.05, 3.63) is 0 Å². The Kier molecular flexibility index (Phi) is 4.51. The molecule has 19 heavy (non-hydrogen) atoms. The molecular formula is C15H27NO3. The fourth-order valence-electron chi connectivity index (χ4n) is 3.64. The van der Waals surface area contributed by atoms with Gasteiger partial charge in [-0.3, -0.25) is 9.69 Å². The minimum atomic E-state index is -0.415. The zero-order valence-electron chi connectivity index (χ0n) is 12.5. The van der Waals surface area contributed by atoms with Crippen LogP contribution in [0.4, 0.5) is 0 Å². The Balaban J connectivity index is 2.28. The van der Waals surface area contributed by atoms with Crippen molar-refractivity contribution in [1.82, 2.24) is 4.90 Å². The molecule has 0 aromatic carbocycles. The van der Waals surface area contributed by atoms with Crippen molar-refractivity contribution in [3.63, 3.8) is 0 Å². The average molecular weight is 269 g/mol. The standard InChI is InChI=1S/C15H27NO3/c1-4-19-13(17)15(8-6-5-7-9-15)16-10-11-18-12-14(16,2)3/h4-12H2,1-3H3. The molecule has 1 aliphatic heterocycles. The van der Waals surface area contributed by atoms with Crippen molar-refractivity contribution >= 4 is 5.97 Å². The van der Waals surface area contributed by atoms with Crippen LogP contribution in [0, 0.1) is 0 Å². The van der Waals surface area contributed by atoms with Crippen LogP contribution in [0.5, 0.6) is 0 Å². The van der Waals surface area contributed by atoms with Gasteiger partial charge in [-0.15, -0.1) is 0 Å². The van der Waals surface area contributed by atoms with E-state index in [1.165, 1.54) is 6.42 Å². The number of carbonyl (C=O) groups excluding carboxylic acids is 1. The van der Waals surface area contributed by atoms with Gasteiger partial charge in [-0.1, -0.05) is 19.3 Å². The highest BCUT2D eigenvalue weighted by Crippen LogP contribution is 2.40. The van der Waals surface area contributed by atoms with Crippen LogP contribution in [0.15, 0.2) is 0 Å². The van der Waals surface area contributed by atoms with Gasteiger partial charge in [-0.25, -0.2) is 0 Å². The Bertz CT molecular complexity index is 321. The normalized spacial score (nSPS) is 26.9. The Morgan fingerprint density at radius 1 is 1.26 bits per heavy atom. The fraction of sp³-hybridized carbons (Fsp3) is 0.933. The van der Waals surface area contributed by atoms with Gasteiger partial charge in [0, 0.05) is 12.1 Å². The van der Waals surface area contributed by atoms with E-state index >= 15 is 0 Å². The molecule has 2 aliphatic rings. The van der Waals surface area contributed by atoms with Crippen molar-refractivity contribution < 1.29 is 14.3 Å². The maximum absolute atomic E-state index is 12.6. The quantitative estimate of drug-likeness (QED) is 0.737. The number of rotatable bonds is 3. The summed E-state index contributed by atoms with van der Waals surface area (Å²) in [5.41, 5.74) is -0.510. The van der Waals surface area contributed by atoms with Gasteiger partial charge in [-0.05, 0) is 33.6 Å². The second kappa shape index (κ2) is 5.80. The van der Waals surface area contributed by atoms with Crippen LogP contribution in [0.1, 0.15) is 52.9 Å². The zero-order chi connectivity index (χ0) is 13.9. The van der Waals surface area contributed by atoms with Gasteiger partial charge in [0.15, 0.2) is 0 Å². The summed E-state index contributed by atoms with van der Waals surface area (Å²) in [6.07, 6.45) is 5.31. The molecule has 4 nitrogen and oxygen atoms in total. The van der Waals surface area contributed by atoms with Gasteiger partial charge in [0.2, 0.25) is 0 Å². The molecule has 0 aromatic heterocycles. The van der Waals surface area contributed by atoms with Crippen LogP contribution in [0.2, 0.25) is 0 Å². The van der Waals surface area contributed by atoms with Gasteiger partial charge >= 0.3 is 5.97 Å². The molecule has 1 heterocycles. The van der Waals surface area contributed by atoms with E-state index in [0.29, 0.717) is 19.8 Å². The average Bonchev–Trinajstić information content (AvgIpc) is 2.39. The van der Waals surface area contributed by atoms with Gasteiger partial charge in [-0.2, -0.15) is 0 Å². The second-order valence-electron chi connectivity index (χ2n) is 6.33. The minimum absolute atomic E-state index is 0.0234. The van der Waals surface area contributed by atoms with Crippen molar-refractivity contribution in [2.75, 3.05) is 26.4 Å². The Labute approximate surface area is 116 Å². The van der Waals surface area contributed by atoms with Crippen molar-refractivity contribution in [2.45, 2.75) is 64.0 Å². The Morgan fingerprint density at radius 3 is 2.53 bits per heavy atom. The largest absolute Gasteiger partial charge is 0.465 e. The molecule has 0 radical (unpaired) electrons. The van der Waals surface area contributed by atoms with Crippen LogP contribution in [-0.2, 0) is 14.3 Å². The monoisotopic (exact) mass is 269 g/mol. The van der Waals surface area contributed by atoms with Gasteiger partial charge in [0.1, 0.15) is 5.54 Å². The van der Waals surface area contributed by atoms with Gasteiger partial charge in [0.05, 0.1) is 19.8 Å². The number of morpholine rings is 1. The number of hydrogen-bond acceptors (Lipinski definition) is 4. The summed E-state index contributed by atoms with van der Waals surface area (Å²) in [5, 5.41) is 0. The number of ether oxygens (including phenoxy) is 2. The van der Waals surface area contributed by atoms with E-state index in [2.05, 4.69) is 18.7 Å². The lowest BCUT2D eigenvalue weighted by molar-refractivity contribution is -0.176. The summed E-state index contributed by atoms with van der Waals surface area (Å²) in [7, 11) is 0. The minimum Gasteiger partial charge on any atom is -0.465 e. The summed E-state index contributed by atoms with van der Waals surface area (Å²) in [5.74, 6) is -0.0234. The van der Waals surface area contributed by atoms with E-state index in [-0.39, 0.29) is 11.5 Å². The first-order valence-corrected chi connectivity index (χ1v) is 7.56. The van der Waals surface area contributed by atoms with Crippen LogP contribution in [-0.4, -0.2) is 48.3 Å². The molecule has 1 saturated carbocycles. The summed E-state index contributed by atoms with van der Waals surface area (Å²) < 4.78 is 11.0. The molecule has 110 valence electrons. The molecule has 0 N–H and O–H groups in total. The SMILES string of the molecule is CCOC(=O)C1(N2CCOCC2(C)C)CCCCC1. The third-order valence-corrected chi connectivity index (χ3v) is 4.50. The molecule has 1 saturated heterocycles. The van der Waals surface area contributed by atoms with E-state index in [1.54, 1.807) is 0 Å². The van der Waals surface area contributed by atoms with E-state index < -0.39 is 5.54 Å². The van der Waals surface area contributed by atoms with E-state index in [4.69, 9.17) is 9.47 Å². The molecule has 0 spiro atoms. The fourth-order valence-corrected chi connectivity index (χ4v) is 3.64. The summed E-state index contributed by atoms with van der Waals surface area (Å²) in [6.45, 7) is 8.91. The highest BCUT2D eigenvalue weighted by atomic mass is 16.5. The number of hydrogen-bond donors (Lipinski definition) is 0. The highest BCUT2D eigenvalue weighted by Gasteiger charge is 2.51. The first kappa shape index (κ1) is 14.8. The number of nitrogens with zero attached hydrogens (tertiary/aromatic N) is 1. The maximum Gasteiger partial charge on any atom is 0.326 e. The predicted molar refractivity (Wildman–Crippen MR) is 74.1 cm³/mol. The number of esters is 1. The van der Waals surface area contributed by atoms with Crippen molar-refractivity contribution in [1.29, 1.82) is 0 Å². The summed E-state index contributed by atoms with van der Waals surface area (Å²) in [4.78, 5) is 15.0. The molecule has 0 unspecified atom stereocenters. The summed E-state index contributed by atoms with van der Waals surface area (Å²) >= 11 is 0. The molecule has 1 aliphatic carbocycles. The smallest absolute Gasteiger partial charge is 0.326 e. The molecule has 0 amide bonds. The first-order chi connectivity index (χ1) is 9.03. The molecule has 0 aromatic rings. The lowest BCUT2D eigenvalue weighted by Crippen LogP contribution is -2.67. The molecule has 0 bridgehead atoms. The topological polar surface area (TPSA) is 38.8 Å². The first-order valence-electron chi connectivity index (χ1n) is 7.56. The van der Waals surface area contributed by atoms with Crippen LogP contribution < -0.4 is 0 Å². The highest BCUT2D eigenvalue weighted by molar-refractivity contribution is 5.81. The third-order valence-electron chi connectivity index (χ3n) is 4.50. The van der Waals surface area contributed by atoms with Crippen LogP contribution >= 0.6 is 0 Å². The lowest BCUT2D eigenvalue weighted by Gasteiger charge is -2.53. The molecule has 2 rings (SSSR count). The Morgan fingerprint density at radius 2 is 1.95 bits per heavy atom. The second-order valence-corrected chi connectivity index (χ2v) is 6.33. The molecular weight excluding hydrogens is 242 g/mol. The van der Waals surface area contributed by atoms with Crippen molar-refractivity contribution in [2.24, 2.45) is 0 Å². The predicted octanol–water partition coefficient (Wildman–Crippen LogP) is 2.36. The van der Waals surface area contributed by atoms with E-state index in [0.717, 1.165) is 32.2 Å². The molecule has 4 heteroatoms. The summed E-state index contributed by atoms with van der Waals surface area (Å²) in [6, 6.07) is 0.